The summed E-state index contributed by atoms with van der Waals surface area (Å²) in [6.07, 6.45) is 4.44. The number of fused-ring (bicyclic) bond motifs is 2. The molecule has 4 N–H and O–H groups in total. The van der Waals surface area contributed by atoms with Gasteiger partial charge in [0.25, 0.3) is 0 Å². The number of aromatic nitrogens is 3. The Kier molecular flexibility index (Phi) is 5.12. The fraction of sp³-hybridized carbons (Fsp3) is 0.350. The number of nitrogens with one attached hydrogen (secondary N) is 3. The minimum atomic E-state index is -0.127. The Balaban J connectivity index is 1.38. The normalized spacial score (nSPS) is 14.6. The van der Waals surface area contributed by atoms with Gasteiger partial charge in [-0.05, 0) is 42.0 Å². The molecular weight excluding hydrogens is 356 g/mol. The Morgan fingerprint density at radius 1 is 1.39 bits per heavy atom. The first-order valence-corrected chi connectivity index (χ1v) is 9.43. The van der Waals surface area contributed by atoms with E-state index in [1.807, 2.05) is 31.3 Å². The number of H-pyrrole nitrogens is 1. The average Bonchev–Trinajstić information content (AvgIpc) is 3.19. The number of carbonyl (C=O) groups excluding carboxylic acids is 1. The molecule has 8 heteroatoms. The third-order valence-corrected chi connectivity index (χ3v) is 4.95. The second kappa shape index (κ2) is 7.85. The van der Waals surface area contributed by atoms with Gasteiger partial charge in [-0.15, -0.1) is 0 Å². The molecule has 3 heterocycles. The van der Waals surface area contributed by atoms with Crippen LogP contribution in [0.3, 0.4) is 0 Å². The van der Waals surface area contributed by atoms with Gasteiger partial charge in [-0.3, -0.25) is 0 Å². The van der Waals surface area contributed by atoms with Crippen molar-refractivity contribution in [3.05, 3.63) is 53.5 Å². The number of hydrogen-bond acceptors (Lipinski definition) is 5. The molecule has 28 heavy (non-hydrogen) atoms. The highest BCUT2D eigenvalue weighted by Gasteiger charge is 2.22. The van der Waals surface area contributed by atoms with Crippen LogP contribution in [0.2, 0.25) is 0 Å². The number of benzene rings is 1. The Morgan fingerprint density at radius 2 is 2.29 bits per heavy atom. The number of aliphatic hydroxyl groups excluding tert-OH is 1. The lowest BCUT2D eigenvalue weighted by Gasteiger charge is -2.28. The van der Waals surface area contributed by atoms with Crippen molar-refractivity contribution < 1.29 is 9.90 Å². The SMILES string of the molecule is C[C@@H](CO)Nc1ncc2c(n1)CN(C(=O)NCc1ccc3cc[nH]c3c1)CC2. The summed E-state index contributed by atoms with van der Waals surface area (Å²) >= 11 is 0. The van der Waals surface area contributed by atoms with E-state index < -0.39 is 0 Å². The van der Waals surface area contributed by atoms with Crippen molar-refractivity contribution in [1.29, 1.82) is 0 Å². The predicted octanol–water partition coefficient (Wildman–Crippen LogP) is 2.02. The summed E-state index contributed by atoms with van der Waals surface area (Å²) in [5.41, 5.74) is 4.01. The lowest BCUT2D eigenvalue weighted by atomic mass is 10.1. The standard InChI is InChI=1S/C20H24N6O2/c1-13(12-27)24-19-22-10-16-5-7-26(11-18(16)25-19)20(28)23-9-14-2-3-15-4-6-21-17(15)8-14/h2-4,6,8,10,13,21,27H,5,7,9,11-12H2,1H3,(H,23,28)(H,22,24,25)/t13-/m0/s1. The van der Waals surface area contributed by atoms with Gasteiger partial charge in [0.05, 0.1) is 18.8 Å². The molecule has 0 spiro atoms. The highest BCUT2D eigenvalue weighted by molar-refractivity contribution is 5.80. The Hall–Kier alpha value is -3.13. The molecule has 2 aromatic heterocycles. The third kappa shape index (κ3) is 3.91. The molecular formula is C20H24N6O2. The number of aromatic amines is 1. The first kappa shape index (κ1) is 18.2. The number of nitrogens with zero attached hydrogens (tertiary/aromatic N) is 3. The number of rotatable bonds is 5. The number of aliphatic hydroxyl groups is 1. The van der Waals surface area contributed by atoms with Crippen LogP contribution in [0.15, 0.2) is 36.7 Å². The van der Waals surface area contributed by atoms with Crippen LogP contribution >= 0.6 is 0 Å². The molecule has 0 radical (unpaired) electrons. The van der Waals surface area contributed by atoms with Gasteiger partial charge in [0.2, 0.25) is 5.95 Å². The number of hydrogen-bond donors (Lipinski definition) is 4. The van der Waals surface area contributed by atoms with E-state index in [-0.39, 0.29) is 18.7 Å². The van der Waals surface area contributed by atoms with Gasteiger partial charge in [-0.2, -0.15) is 0 Å². The van der Waals surface area contributed by atoms with Crippen molar-refractivity contribution in [2.45, 2.75) is 32.5 Å². The lowest BCUT2D eigenvalue weighted by molar-refractivity contribution is 0.191. The molecule has 3 aromatic rings. The maximum Gasteiger partial charge on any atom is 0.318 e. The second-order valence-corrected chi connectivity index (χ2v) is 7.12. The summed E-state index contributed by atoms with van der Waals surface area (Å²) < 4.78 is 0. The largest absolute Gasteiger partial charge is 0.394 e. The summed E-state index contributed by atoms with van der Waals surface area (Å²) in [7, 11) is 0. The van der Waals surface area contributed by atoms with Gasteiger partial charge in [-0.1, -0.05) is 12.1 Å². The summed E-state index contributed by atoms with van der Waals surface area (Å²) in [6, 6.07) is 7.91. The van der Waals surface area contributed by atoms with Gasteiger partial charge in [-0.25, -0.2) is 14.8 Å². The maximum atomic E-state index is 12.6. The number of anilines is 1. The van der Waals surface area contributed by atoms with Gasteiger partial charge in [0.15, 0.2) is 0 Å². The minimum absolute atomic E-state index is 0.00323. The molecule has 0 aliphatic carbocycles. The van der Waals surface area contributed by atoms with Gasteiger partial charge in [0.1, 0.15) is 0 Å². The van der Waals surface area contributed by atoms with Crippen LogP contribution < -0.4 is 10.6 Å². The number of amides is 2. The summed E-state index contributed by atoms with van der Waals surface area (Å²) in [5, 5.41) is 16.4. The van der Waals surface area contributed by atoms with Crippen LogP contribution in [0.1, 0.15) is 23.7 Å². The van der Waals surface area contributed by atoms with Gasteiger partial charge >= 0.3 is 6.03 Å². The Morgan fingerprint density at radius 3 is 3.14 bits per heavy atom. The first-order valence-electron chi connectivity index (χ1n) is 9.43. The molecule has 2 amide bonds. The summed E-state index contributed by atoms with van der Waals surface area (Å²) in [5.74, 6) is 0.474. The third-order valence-electron chi connectivity index (χ3n) is 4.95. The molecule has 0 unspecified atom stereocenters. The van der Waals surface area contributed by atoms with Crippen molar-refractivity contribution in [3.63, 3.8) is 0 Å². The van der Waals surface area contributed by atoms with E-state index in [9.17, 15) is 4.79 Å². The highest BCUT2D eigenvalue weighted by atomic mass is 16.3. The van der Waals surface area contributed by atoms with E-state index in [4.69, 9.17) is 5.11 Å². The van der Waals surface area contributed by atoms with Crippen LogP contribution in [-0.4, -0.2) is 50.2 Å². The molecule has 1 aliphatic heterocycles. The maximum absolute atomic E-state index is 12.6. The minimum Gasteiger partial charge on any atom is -0.394 e. The van der Waals surface area contributed by atoms with E-state index in [0.29, 0.717) is 25.6 Å². The molecule has 8 nitrogen and oxygen atoms in total. The van der Waals surface area contributed by atoms with E-state index in [0.717, 1.165) is 34.1 Å². The molecule has 4 rings (SSSR count). The van der Waals surface area contributed by atoms with E-state index in [1.54, 1.807) is 11.1 Å². The molecule has 0 saturated carbocycles. The van der Waals surface area contributed by atoms with E-state index in [2.05, 4.69) is 31.7 Å². The topological polar surface area (TPSA) is 106 Å². The van der Waals surface area contributed by atoms with Crippen LogP contribution in [0.25, 0.3) is 10.9 Å². The average molecular weight is 380 g/mol. The van der Waals surface area contributed by atoms with Crippen molar-refractivity contribution >= 4 is 22.9 Å². The molecule has 1 aliphatic rings. The quantitative estimate of drug-likeness (QED) is 0.542. The number of carbonyl (C=O) groups is 1. The highest BCUT2D eigenvalue weighted by Crippen LogP contribution is 2.18. The van der Waals surface area contributed by atoms with Crippen molar-refractivity contribution in [3.8, 4) is 0 Å². The van der Waals surface area contributed by atoms with Crippen LogP contribution in [0, 0.1) is 0 Å². The molecule has 1 aromatic carbocycles. The monoisotopic (exact) mass is 380 g/mol. The van der Waals surface area contributed by atoms with E-state index in [1.165, 1.54) is 0 Å². The molecule has 0 fully saturated rings. The van der Waals surface area contributed by atoms with Crippen molar-refractivity contribution in [2.75, 3.05) is 18.5 Å². The summed E-state index contributed by atoms with van der Waals surface area (Å²) in [4.78, 5) is 26.4. The number of urea groups is 1. The zero-order valence-corrected chi connectivity index (χ0v) is 15.8. The van der Waals surface area contributed by atoms with Gasteiger partial charge in [0, 0.05) is 37.0 Å². The second-order valence-electron chi connectivity index (χ2n) is 7.12. The first-order chi connectivity index (χ1) is 13.6. The van der Waals surface area contributed by atoms with Crippen LogP contribution in [-0.2, 0) is 19.5 Å². The lowest BCUT2D eigenvalue weighted by Crippen LogP contribution is -2.42. The zero-order chi connectivity index (χ0) is 19.5. The Bertz CT molecular complexity index is 986. The van der Waals surface area contributed by atoms with Gasteiger partial charge < -0.3 is 25.6 Å². The van der Waals surface area contributed by atoms with Crippen molar-refractivity contribution in [2.24, 2.45) is 0 Å². The van der Waals surface area contributed by atoms with Crippen LogP contribution in [0.4, 0.5) is 10.7 Å². The molecule has 0 saturated heterocycles. The fourth-order valence-electron chi connectivity index (χ4n) is 3.31. The molecule has 1 atom stereocenters. The molecule has 146 valence electrons. The molecule has 0 bridgehead atoms. The van der Waals surface area contributed by atoms with Crippen molar-refractivity contribution in [1.82, 2.24) is 25.2 Å². The zero-order valence-electron chi connectivity index (χ0n) is 15.8. The van der Waals surface area contributed by atoms with Crippen LogP contribution in [0.5, 0.6) is 0 Å². The predicted molar refractivity (Wildman–Crippen MR) is 107 cm³/mol. The fourth-order valence-corrected chi connectivity index (χ4v) is 3.31. The summed E-state index contributed by atoms with van der Waals surface area (Å²) in [6.45, 7) is 3.41. The van der Waals surface area contributed by atoms with E-state index >= 15 is 0 Å². The Labute approximate surface area is 163 Å². The smallest absolute Gasteiger partial charge is 0.318 e.